The van der Waals surface area contributed by atoms with Crippen LogP contribution in [0.15, 0.2) is 40.9 Å². The smallest absolute Gasteiger partial charge is 0.228 e. The van der Waals surface area contributed by atoms with E-state index in [0.717, 1.165) is 5.56 Å². The fourth-order valence-corrected chi connectivity index (χ4v) is 3.17. The van der Waals surface area contributed by atoms with Gasteiger partial charge in [0.15, 0.2) is 11.7 Å². The van der Waals surface area contributed by atoms with Gasteiger partial charge in [-0.2, -0.15) is 0 Å². The number of hydrogen-bond acceptors (Lipinski definition) is 4. The van der Waals surface area contributed by atoms with E-state index in [2.05, 4.69) is 4.98 Å². The first kappa shape index (κ1) is 19.1. The highest BCUT2D eigenvalue weighted by Crippen LogP contribution is 2.21. The Labute approximate surface area is 160 Å². The number of rotatable bonds is 4. The van der Waals surface area contributed by atoms with Crippen LogP contribution in [0.1, 0.15) is 33.1 Å². The minimum Gasteiger partial charge on any atom is -0.441 e. The summed E-state index contributed by atoms with van der Waals surface area (Å²) in [5.41, 5.74) is 0.593. The topological polar surface area (TPSA) is 66.7 Å². The Morgan fingerprint density at radius 3 is 2.30 bits per heavy atom. The van der Waals surface area contributed by atoms with Gasteiger partial charge < -0.3 is 14.2 Å². The second-order valence-electron chi connectivity index (χ2n) is 7.91. The van der Waals surface area contributed by atoms with E-state index < -0.39 is 0 Å². The van der Waals surface area contributed by atoms with Crippen LogP contribution in [0.5, 0.6) is 0 Å². The van der Waals surface area contributed by atoms with Crippen molar-refractivity contribution < 1.29 is 14.0 Å². The Hall–Kier alpha value is -2.63. The summed E-state index contributed by atoms with van der Waals surface area (Å²) in [6.45, 7) is 8.13. The van der Waals surface area contributed by atoms with Gasteiger partial charge in [0, 0.05) is 50.0 Å². The van der Waals surface area contributed by atoms with E-state index in [9.17, 15) is 9.59 Å². The molecule has 0 saturated carbocycles. The van der Waals surface area contributed by atoms with E-state index in [0.29, 0.717) is 50.7 Å². The van der Waals surface area contributed by atoms with Gasteiger partial charge in [0.25, 0.3) is 0 Å². The van der Waals surface area contributed by atoms with E-state index in [4.69, 9.17) is 4.42 Å². The van der Waals surface area contributed by atoms with Gasteiger partial charge in [-0.1, -0.05) is 51.1 Å². The molecule has 1 aromatic heterocycles. The van der Waals surface area contributed by atoms with E-state index >= 15 is 0 Å². The lowest BCUT2D eigenvalue weighted by atomic mass is 9.94. The standard InChI is InChI=1S/C21H27N3O3/c1-21(2,3)20(26)24-13-11-23(12-14-24)19(25)10-9-18-22-15-17(27-18)16-7-5-4-6-8-16/h4-8,15H,9-14H2,1-3H3. The molecule has 0 radical (unpaired) electrons. The average molecular weight is 369 g/mol. The van der Waals surface area contributed by atoms with Crippen LogP contribution in [0, 0.1) is 5.41 Å². The summed E-state index contributed by atoms with van der Waals surface area (Å²) < 4.78 is 5.76. The average Bonchev–Trinajstić information content (AvgIpc) is 3.15. The lowest BCUT2D eigenvalue weighted by Crippen LogP contribution is -2.53. The van der Waals surface area contributed by atoms with Gasteiger partial charge in [0.1, 0.15) is 0 Å². The highest BCUT2D eigenvalue weighted by Gasteiger charge is 2.30. The first-order valence-electron chi connectivity index (χ1n) is 9.42. The third kappa shape index (κ3) is 4.76. The summed E-state index contributed by atoms with van der Waals surface area (Å²) in [4.78, 5) is 32.8. The van der Waals surface area contributed by atoms with Crippen LogP contribution in [-0.2, 0) is 16.0 Å². The fraction of sp³-hybridized carbons (Fsp3) is 0.476. The van der Waals surface area contributed by atoms with Gasteiger partial charge in [-0.15, -0.1) is 0 Å². The number of aryl methyl sites for hydroxylation is 1. The van der Waals surface area contributed by atoms with E-state index in [1.807, 2.05) is 60.9 Å². The molecule has 1 aliphatic heterocycles. The number of amides is 2. The lowest BCUT2D eigenvalue weighted by Gasteiger charge is -2.37. The molecular formula is C21H27N3O3. The van der Waals surface area contributed by atoms with E-state index in [1.54, 1.807) is 6.20 Å². The van der Waals surface area contributed by atoms with Crippen molar-refractivity contribution in [2.24, 2.45) is 5.41 Å². The van der Waals surface area contributed by atoms with Crippen molar-refractivity contribution in [2.45, 2.75) is 33.6 Å². The molecule has 0 spiro atoms. The zero-order valence-corrected chi connectivity index (χ0v) is 16.3. The molecule has 3 rings (SSSR count). The van der Waals surface area contributed by atoms with Crippen molar-refractivity contribution in [3.8, 4) is 11.3 Å². The quantitative estimate of drug-likeness (QED) is 0.831. The van der Waals surface area contributed by atoms with Gasteiger partial charge in [0.05, 0.1) is 6.20 Å². The lowest BCUT2D eigenvalue weighted by molar-refractivity contribution is -0.144. The number of hydrogen-bond donors (Lipinski definition) is 0. The molecule has 1 saturated heterocycles. The summed E-state index contributed by atoms with van der Waals surface area (Å²) >= 11 is 0. The second-order valence-corrected chi connectivity index (χ2v) is 7.91. The second kappa shape index (κ2) is 7.94. The SMILES string of the molecule is CC(C)(C)C(=O)N1CCN(C(=O)CCc2ncc(-c3ccccc3)o2)CC1. The molecule has 0 atom stereocenters. The van der Waals surface area contributed by atoms with Crippen molar-refractivity contribution in [3.63, 3.8) is 0 Å². The molecule has 144 valence electrons. The van der Waals surface area contributed by atoms with Crippen molar-refractivity contribution in [1.29, 1.82) is 0 Å². The normalized spacial score (nSPS) is 15.1. The molecule has 1 fully saturated rings. The maximum absolute atomic E-state index is 12.5. The third-order valence-corrected chi connectivity index (χ3v) is 4.73. The van der Waals surface area contributed by atoms with Gasteiger partial charge in [-0.05, 0) is 0 Å². The molecule has 0 N–H and O–H groups in total. The highest BCUT2D eigenvalue weighted by atomic mass is 16.4. The molecule has 6 nitrogen and oxygen atoms in total. The number of oxazole rings is 1. The van der Waals surface area contributed by atoms with Gasteiger partial charge in [-0.3, -0.25) is 9.59 Å². The van der Waals surface area contributed by atoms with Crippen molar-refractivity contribution in [1.82, 2.24) is 14.8 Å². The predicted octanol–water partition coefficient (Wildman–Crippen LogP) is 2.99. The number of carbonyl (C=O) groups excluding carboxylic acids is 2. The van der Waals surface area contributed by atoms with Gasteiger partial charge >= 0.3 is 0 Å². The largest absolute Gasteiger partial charge is 0.441 e. The van der Waals surface area contributed by atoms with Crippen LogP contribution in [0.3, 0.4) is 0 Å². The molecule has 0 unspecified atom stereocenters. The number of aromatic nitrogens is 1. The van der Waals surface area contributed by atoms with Crippen LogP contribution in [-0.4, -0.2) is 52.8 Å². The van der Waals surface area contributed by atoms with Gasteiger partial charge in [-0.25, -0.2) is 4.98 Å². The van der Waals surface area contributed by atoms with E-state index in [1.165, 1.54) is 0 Å². The van der Waals surface area contributed by atoms with Crippen molar-refractivity contribution in [2.75, 3.05) is 26.2 Å². The molecular weight excluding hydrogens is 342 g/mol. The molecule has 0 bridgehead atoms. The Morgan fingerprint density at radius 2 is 1.67 bits per heavy atom. The molecule has 27 heavy (non-hydrogen) atoms. The molecule has 2 aromatic rings. The molecule has 6 heteroatoms. The number of piperazine rings is 1. The first-order chi connectivity index (χ1) is 12.8. The highest BCUT2D eigenvalue weighted by molar-refractivity contribution is 5.82. The van der Waals surface area contributed by atoms with Crippen LogP contribution in [0.2, 0.25) is 0 Å². The monoisotopic (exact) mass is 369 g/mol. The Balaban J connectivity index is 1.48. The van der Waals surface area contributed by atoms with Crippen molar-refractivity contribution >= 4 is 11.8 Å². The number of nitrogens with zero attached hydrogens (tertiary/aromatic N) is 3. The zero-order chi connectivity index (χ0) is 19.4. The summed E-state index contributed by atoms with van der Waals surface area (Å²) in [6, 6.07) is 9.78. The molecule has 0 aliphatic carbocycles. The van der Waals surface area contributed by atoms with E-state index in [-0.39, 0.29) is 17.2 Å². The van der Waals surface area contributed by atoms with Gasteiger partial charge in [0.2, 0.25) is 11.8 Å². The van der Waals surface area contributed by atoms with Crippen LogP contribution in [0.25, 0.3) is 11.3 Å². The molecule has 1 aromatic carbocycles. The number of benzene rings is 1. The van der Waals surface area contributed by atoms with Crippen molar-refractivity contribution in [3.05, 3.63) is 42.4 Å². The molecule has 2 amide bonds. The maximum Gasteiger partial charge on any atom is 0.228 e. The third-order valence-electron chi connectivity index (χ3n) is 4.73. The maximum atomic E-state index is 12.5. The Kier molecular flexibility index (Phi) is 5.63. The Bertz CT molecular complexity index is 785. The summed E-state index contributed by atoms with van der Waals surface area (Å²) in [5, 5.41) is 0. The zero-order valence-electron chi connectivity index (χ0n) is 16.3. The summed E-state index contributed by atoms with van der Waals surface area (Å²) in [6.07, 6.45) is 2.54. The first-order valence-corrected chi connectivity index (χ1v) is 9.42. The van der Waals surface area contributed by atoms with Crippen LogP contribution < -0.4 is 0 Å². The minimum atomic E-state index is -0.381. The Morgan fingerprint density at radius 1 is 1.04 bits per heavy atom. The predicted molar refractivity (Wildman–Crippen MR) is 103 cm³/mol. The fourth-order valence-electron chi connectivity index (χ4n) is 3.17. The number of carbonyl (C=O) groups is 2. The molecule has 1 aliphatic rings. The minimum absolute atomic E-state index is 0.0809. The summed E-state index contributed by atoms with van der Waals surface area (Å²) in [7, 11) is 0. The van der Waals surface area contributed by atoms with Crippen LogP contribution >= 0.6 is 0 Å². The summed E-state index contributed by atoms with van der Waals surface area (Å²) in [5.74, 6) is 1.51. The van der Waals surface area contributed by atoms with Crippen LogP contribution in [0.4, 0.5) is 0 Å². The molecule has 2 heterocycles.